The number of esters is 1. The highest BCUT2D eigenvalue weighted by atomic mass is 32.1. The standard InChI is InChI=1S/C17H26N2O4S/c1-6-19-9-8-11-12(10-19)24-14(13(11)15(20)22-7-2)18-16(21)23-17(3,4)5/h6-10H2,1-5H3,(H,18,21). The number of hydrogen-bond acceptors (Lipinski definition) is 6. The number of hydrogen-bond donors (Lipinski definition) is 1. The van der Waals surface area contributed by atoms with Gasteiger partial charge in [0.2, 0.25) is 0 Å². The minimum absolute atomic E-state index is 0.302. The third-order valence-electron chi connectivity index (χ3n) is 3.68. The van der Waals surface area contributed by atoms with Crippen molar-refractivity contribution in [2.75, 3.05) is 25.0 Å². The molecule has 0 radical (unpaired) electrons. The van der Waals surface area contributed by atoms with E-state index in [9.17, 15) is 9.59 Å². The molecule has 1 aromatic rings. The first-order valence-corrected chi connectivity index (χ1v) is 9.10. The van der Waals surface area contributed by atoms with E-state index < -0.39 is 11.7 Å². The van der Waals surface area contributed by atoms with E-state index in [-0.39, 0.29) is 5.97 Å². The highest BCUT2D eigenvalue weighted by molar-refractivity contribution is 7.17. The Hall–Kier alpha value is -1.60. The molecule has 0 aromatic carbocycles. The summed E-state index contributed by atoms with van der Waals surface area (Å²) in [7, 11) is 0. The van der Waals surface area contributed by atoms with Crippen molar-refractivity contribution in [1.29, 1.82) is 0 Å². The molecule has 1 amide bonds. The number of amides is 1. The number of anilines is 1. The van der Waals surface area contributed by atoms with E-state index in [1.165, 1.54) is 11.3 Å². The number of thiophene rings is 1. The minimum Gasteiger partial charge on any atom is -0.462 e. The molecule has 24 heavy (non-hydrogen) atoms. The van der Waals surface area contributed by atoms with Gasteiger partial charge in [-0.25, -0.2) is 9.59 Å². The fourth-order valence-corrected chi connectivity index (χ4v) is 3.89. The van der Waals surface area contributed by atoms with E-state index in [1.807, 2.05) is 0 Å². The number of likely N-dealkylation sites (N-methyl/N-ethyl adjacent to an activating group) is 1. The van der Waals surface area contributed by atoms with Crippen molar-refractivity contribution in [2.24, 2.45) is 0 Å². The molecule has 1 aromatic heterocycles. The van der Waals surface area contributed by atoms with Crippen LogP contribution in [0.15, 0.2) is 0 Å². The van der Waals surface area contributed by atoms with Crippen LogP contribution in [-0.2, 0) is 22.4 Å². The summed E-state index contributed by atoms with van der Waals surface area (Å²) in [5.41, 5.74) is 0.886. The van der Waals surface area contributed by atoms with Gasteiger partial charge in [-0.2, -0.15) is 0 Å². The molecule has 0 atom stereocenters. The molecule has 0 spiro atoms. The zero-order chi connectivity index (χ0) is 17.9. The Morgan fingerprint density at radius 3 is 2.58 bits per heavy atom. The molecular weight excluding hydrogens is 328 g/mol. The normalized spacial score (nSPS) is 14.9. The number of nitrogens with one attached hydrogen (secondary N) is 1. The molecule has 2 heterocycles. The van der Waals surface area contributed by atoms with Crippen molar-refractivity contribution in [3.05, 3.63) is 16.0 Å². The zero-order valence-corrected chi connectivity index (χ0v) is 15.8. The Morgan fingerprint density at radius 1 is 1.29 bits per heavy atom. The van der Waals surface area contributed by atoms with Gasteiger partial charge in [-0.3, -0.25) is 10.2 Å². The quantitative estimate of drug-likeness (QED) is 0.836. The van der Waals surface area contributed by atoms with Crippen molar-refractivity contribution in [1.82, 2.24) is 4.90 Å². The average molecular weight is 354 g/mol. The van der Waals surface area contributed by atoms with Crippen molar-refractivity contribution in [3.63, 3.8) is 0 Å². The molecule has 0 fully saturated rings. The molecule has 1 aliphatic heterocycles. The van der Waals surface area contributed by atoms with Gasteiger partial charge in [-0.1, -0.05) is 6.92 Å². The predicted octanol–water partition coefficient (Wildman–Crippen LogP) is 3.65. The fourth-order valence-electron chi connectivity index (χ4n) is 2.63. The Bertz CT molecular complexity index is 619. The molecule has 2 rings (SSSR count). The Balaban J connectivity index is 2.30. The van der Waals surface area contributed by atoms with E-state index in [1.54, 1.807) is 27.7 Å². The molecule has 0 saturated heterocycles. The number of carbonyl (C=O) groups is 2. The summed E-state index contributed by atoms with van der Waals surface area (Å²) >= 11 is 1.44. The second-order valence-electron chi connectivity index (χ2n) is 6.67. The van der Waals surface area contributed by atoms with Crippen LogP contribution in [0.3, 0.4) is 0 Å². The summed E-state index contributed by atoms with van der Waals surface area (Å²) in [5, 5.41) is 3.25. The van der Waals surface area contributed by atoms with Crippen molar-refractivity contribution >= 4 is 28.4 Å². The molecule has 0 bridgehead atoms. The number of rotatable bonds is 4. The summed E-state index contributed by atoms with van der Waals surface area (Å²) in [4.78, 5) is 27.9. The van der Waals surface area contributed by atoms with Gasteiger partial charge in [0.15, 0.2) is 0 Å². The van der Waals surface area contributed by atoms with Gasteiger partial charge in [0, 0.05) is 18.0 Å². The van der Waals surface area contributed by atoms with Crippen LogP contribution in [0.1, 0.15) is 55.4 Å². The van der Waals surface area contributed by atoms with Gasteiger partial charge in [-0.05, 0) is 46.2 Å². The fraction of sp³-hybridized carbons (Fsp3) is 0.647. The monoisotopic (exact) mass is 354 g/mol. The van der Waals surface area contributed by atoms with Gasteiger partial charge in [0.1, 0.15) is 10.6 Å². The molecule has 0 unspecified atom stereocenters. The summed E-state index contributed by atoms with van der Waals surface area (Å²) in [6, 6.07) is 0. The summed E-state index contributed by atoms with van der Waals surface area (Å²) in [6.45, 7) is 12.3. The lowest BCUT2D eigenvalue weighted by atomic mass is 10.0. The largest absolute Gasteiger partial charge is 0.462 e. The number of nitrogens with zero attached hydrogens (tertiary/aromatic N) is 1. The van der Waals surface area contributed by atoms with Gasteiger partial charge in [-0.15, -0.1) is 11.3 Å². The van der Waals surface area contributed by atoms with Crippen LogP contribution in [0, 0.1) is 0 Å². The molecule has 1 N–H and O–H groups in total. The Kier molecular flexibility index (Phi) is 5.87. The molecule has 0 aliphatic carbocycles. The maximum Gasteiger partial charge on any atom is 0.412 e. The smallest absolute Gasteiger partial charge is 0.412 e. The van der Waals surface area contributed by atoms with Crippen LogP contribution in [0.4, 0.5) is 9.80 Å². The highest BCUT2D eigenvalue weighted by Gasteiger charge is 2.30. The van der Waals surface area contributed by atoms with Crippen molar-refractivity contribution < 1.29 is 19.1 Å². The first-order chi connectivity index (χ1) is 11.2. The third kappa shape index (κ3) is 4.48. The second kappa shape index (κ2) is 7.53. The Morgan fingerprint density at radius 2 is 2.00 bits per heavy atom. The first kappa shape index (κ1) is 18.7. The van der Waals surface area contributed by atoms with Crippen LogP contribution in [0.5, 0.6) is 0 Å². The summed E-state index contributed by atoms with van der Waals surface area (Å²) in [5.74, 6) is -0.383. The highest BCUT2D eigenvalue weighted by Crippen LogP contribution is 2.37. The third-order valence-corrected chi connectivity index (χ3v) is 4.81. The van der Waals surface area contributed by atoms with Gasteiger partial charge in [0.25, 0.3) is 0 Å². The van der Waals surface area contributed by atoms with Crippen LogP contribution in [-0.4, -0.2) is 42.3 Å². The molecule has 7 heteroatoms. The van der Waals surface area contributed by atoms with E-state index in [0.717, 1.165) is 36.5 Å². The topological polar surface area (TPSA) is 67.9 Å². The average Bonchev–Trinajstić information content (AvgIpc) is 2.81. The van der Waals surface area contributed by atoms with Crippen molar-refractivity contribution in [3.8, 4) is 0 Å². The van der Waals surface area contributed by atoms with E-state index >= 15 is 0 Å². The lowest BCUT2D eigenvalue weighted by molar-refractivity contribution is 0.0526. The lowest BCUT2D eigenvalue weighted by Crippen LogP contribution is -2.30. The summed E-state index contributed by atoms with van der Waals surface area (Å²) in [6.07, 6.45) is 0.225. The molecule has 6 nitrogen and oxygen atoms in total. The SMILES string of the molecule is CCOC(=O)c1c(NC(=O)OC(C)(C)C)sc2c1CCN(CC)C2. The summed E-state index contributed by atoms with van der Waals surface area (Å²) < 4.78 is 10.5. The number of carbonyl (C=O) groups excluding carboxylic acids is 2. The van der Waals surface area contributed by atoms with Crippen LogP contribution in [0.2, 0.25) is 0 Å². The minimum atomic E-state index is -0.593. The van der Waals surface area contributed by atoms with Crippen LogP contribution >= 0.6 is 11.3 Å². The van der Waals surface area contributed by atoms with E-state index in [0.29, 0.717) is 17.2 Å². The van der Waals surface area contributed by atoms with Gasteiger partial charge >= 0.3 is 12.1 Å². The molecule has 1 aliphatic rings. The molecular formula is C17H26N2O4S. The molecule has 0 saturated carbocycles. The predicted molar refractivity (Wildman–Crippen MR) is 94.8 cm³/mol. The maximum atomic E-state index is 12.4. The number of ether oxygens (including phenoxy) is 2. The Labute approximate surface area is 147 Å². The lowest BCUT2D eigenvalue weighted by Gasteiger charge is -2.25. The zero-order valence-electron chi connectivity index (χ0n) is 15.0. The maximum absolute atomic E-state index is 12.4. The number of fused-ring (bicyclic) bond motifs is 1. The van der Waals surface area contributed by atoms with Gasteiger partial charge < -0.3 is 9.47 Å². The van der Waals surface area contributed by atoms with E-state index in [2.05, 4.69) is 17.1 Å². The first-order valence-electron chi connectivity index (χ1n) is 8.29. The van der Waals surface area contributed by atoms with E-state index in [4.69, 9.17) is 9.47 Å². The second-order valence-corrected chi connectivity index (χ2v) is 7.78. The van der Waals surface area contributed by atoms with Crippen LogP contribution < -0.4 is 5.32 Å². The van der Waals surface area contributed by atoms with Crippen LogP contribution in [0.25, 0.3) is 0 Å². The molecule has 134 valence electrons. The van der Waals surface area contributed by atoms with Gasteiger partial charge in [0.05, 0.1) is 12.2 Å². The van der Waals surface area contributed by atoms with Crippen molar-refractivity contribution in [2.45, 2.75) is 53.2 Å².